The Hall–Kier alpha value is -3.20. The lowest BCUT2D eigenvalue weighted by Gasteiger charge is -2.15. The lowest BCUT2D eigenvalue weighted by Crippen LogP contribution is -2.47. The summed E-state index contributed by atoms with van der Waals surface area (Å²) in [5, 5.41) is 22.5. The normalized spacial score (nSPS) is 12.9. The molecule has 9 heteroatoms. The number of hydrogen-bond donors (Lipinski definition) is 4. The summed E-state index contributed by atoms with van der Waals surface area (Å²) in [6, 6.07) is -1.39. The first-order valence-electron chi connectivity index (χ1n) is 23.0. The predicted octanol–water partition coefficient (Wildman–Crippen LogP) is 11.5. The smallest absolute Gasteiger partial charge is 0.328 e. The van der Waals surface area contributed by atoms with E-state index in [1.807, 2.05) is 6.08 Å². The van der Waals surface area contributed by atoms with Crippen LogP contribution in [-0.4, -0.2) is 59.3 Å². The monoisotopic (exact) mass is 801 g/mol. The van der Waals surface area contributed by atoms with Crippen LogP contribution in [0.25, 0.3) is 0 Å². The zero-order chi connectivity index (χ0) is 41.9. The summed E-state index contributed by atoms with van der Waals surface area (Å²) in [5.74, 6) is -2.39. The predicted molar refractivity (Wildman–Crippen MR) is 236 cm³/mol. The number of carbonyl (C=O) groups excluding carboxylic acids is 3. The average molecular weight is 801 g/mol. The quantitative estimate of drug-likeness (QED) is 0.0274. The summed E-state index contributed by atoms with van der Waals surface area (Å²) in [5.41, 5.74) is 0. The van der Waals surface area contributed by atoms with Crippen molar-refractivity contribution in [3.8, 4) is 0 Å². The van der Waals surface area contributed by atoms with Gasteiger partial charge in [-0.3, -0.25) is 14.4 Å². The molecule has 328 valence electrons. The zero-order valence-electron chi connectivity index (χ0n) is 36.3. The highest BCUT2D eigenvalue weighted by Gasteiger charge is 2.18. The van der Waals surface area contributed by atoms with Crippen LogP contribution in [0.1, 0.15) is 206 Å². The Kier molecular flexibility index (Phi) is 40.0. The number of carbonyl (C=O) groups is 4. The number of ether oxygens (including phenoxy) is 1. The maximum Gasteiger partial charge on any atom is 0.328 e. The minimum absolute atomic E-state index is 0.117. The number of rotatable bonds is 41. The van der Waals surface area contributed by atoms with E-state index in [4.69, 9.17) is 14.9 Å². The summed E-state index contributed by atoms with van der Waals surface area (Å²) in [7, 11) is 0. The molecule has 0 saturated heterocycles. The Labute approximate surface area is 348 Å². The summed E-state index contributed by atoms with van der Waals surface area (Å²) in [4.78, 5) is 47.6. The molecule has 0 rings (SSSR count). The van der Waals surface area contributed by atoms with Gasteiger partial charge >= 0.3 is 11.9 Å². The van der Waals surface area contributed by atoms with Crippen LogP contribution in [0, 0.1) is 0 Å². The second-order valence-corrected chi connectivity index (χ2v) is 15.5. The van der Waals surface area contributed by atoms with Gasteiger partial charge in [0, 0.05) is 12.8 Å². The van der Waals surface area contributed by atoms with E-state index in [1.54, 1.807) is 0 Å². The van der Waals surface area contributed by atoms with E-state index in [0.717, 1.165) is 70.6 Å². The number of carboxylic acids is 1. The Morgan fingerprint density at radius 3 is 1.46 bits per heavy atom. The summed E-state index contributed by atoms with van der Waals surface area (Å²) in [6.07, 6.45) is 50.2. The Balaban J connectivity index is 4.33. The fourth-order valence-electron chi connectivity index (χ4n) is 6.57. The molecule has 0 heterocycles. The Morgan fingerprint density at radius 1 is 0.544 bits per heavy atom. The lowest BCUT2D eigenvalue weighted by atomic mass is 10.0. The molecule has 0 bridgehead atoms. The standard InChI is InChI=1S/C48H84N2O7/c1-3-5-7-9-11-13-15-16-17-18-19-20-21-23-25-27-32-36-40-47(54)57-43(37-33-29-26-24-22-14-12-10-8-6-4-2)38-34-30-28-31-35-39-45(52)49-41-46(53)50-44(42-51)48(55)56/h6,8,12,14,24,26,33,37,43-44,51H,3-5,7,9-11,13,15-23,25,27-32,34-36,38-42H2,1-2H3,(H,49,52)(H,50,53)(H,55,56)/b8-6-,14-12-,26-24-,37-33-. The molecule has 0 aliphatic carbocycles. The van der Waals surface area contributed by atoms with E-state index in [-0.39, 0.29) is 30.9 Å². The minimum atomic E-state index is -1.39. The first-order chi connectivity index (χ1) is 27.8. The third-order valence-corrected chi connectivity index (χ3v) is 10.1. The number of aliphatic carboxylic acids is 1. The Bertz CT molecular complexity index is 1100. The van der Waals surface area contributed by atoms with Gasteiger partial charge < -0.3 is 25.6 Å². The van der Waals surface area contributed by atoms with Crippen LogP contribution in [0.5, 0.6) is 0 Å². The van der Waals surface area contributed by atoms with Gasteiger partial charge in [-0.1, -0.05) is 185 Å². The van der Waals surface area contributed by atoms with Gasteiger partial charge in [0.25, 0.3) is 0 Å². The maximum atomic E-state index is 12.8. The third-order valence-electron chi connectivity index (χ3n) is 10.1. The molecule has 0 radical (unpaired) electrons. The van der Waals surface area contributed by atoms with Gasteiger partial charge in [-0.15, -0.1) is 0 Å². The van der Waals surface area contributed by atoms with Crippen molar-refractivity contribution in [2.24, 2.45) is 0 Å². The van der Waals surface area contributed by atoms with Crippen molar-refractivity contribution in [3.63, 3.8) is 0 Å². The van der Waals surface area contributed by atoms with E-state index in [2.05, 4.69) is 67.0 Å². The summed E-state index contributed by atoms with van der Waals surface area (Å²) in [6.45, 7) is 3.36. The van der Waals surface area contributed by atoms with Crippen LogP contribution >= 0.6 is 0 Å². The molecule has 2 unspecified atom stereocenters. The molecular weight excluding hydrogens is 717 g/mol. The van der Waals surface area contributed by atoms with Crippen LogP contribution in [0.4, 0.5) is 0 Å². The molecule has 0 fully saturated rings. The number of amides is 2. The van der Waals surface area contributed by atoms with Crippen LogP contribution in [-0.2, 0) is 23.9 Å². The molecule has 2 amide bonds. The summed E-state index contributed by atoms with van der Waals surface area (Å²) < 4.78 is 5.93. The highest BCUT2D eigenvalue weighted by atomic mass is 16.5. The number of esters is 1. The highest BCUT2D eigenvalue weighted by molar-refractivity contribution is 5.87. The van der Waals surface area contributed by atoms with Gasteiger partial charge in [0.1, 0.15) is 12.1 Å². The van der Waals surface area contributed by atoms with Gasteiger partial charge in [-0.2, -0.15) is 0 Å². The van der Waals surface area contributed by atoms with E-state index >= 15 is 0 Å². The number of carboxylic acid groups (broad SMARTS) is 1. The number of aliphatic hydroxyl groups is 1. The van der Waals surface area contributed by atoms with Crippen molar-refractivity contribution in [1.82, 2.24) is 10.6 Å². The topological polar surface area (TPSA) is 142 Å². The first-order valence-corrected chi connectivity index (χ1v) is 23.0. The Morgan fingerprint density at radius 2 is 0.982 bits per heavy atom. The molecular formula is C48H84N2O7. The molecule has 9 nitrogen and oxygen atoms in total. The fraction of sp³-hybridized carbons (Fsp3) is 0.750. The zero-order valence-corrected chi connectivity index (χ0v) is 36.3. The van der Waals surface area contributed by atoms with Crippen molar-refractivity contribution in [3.05, 3.63) is 48.6 Å². The van der Waals surface area contributed by atoms with Crippen LogP contribution in [0.15, 0.2) is 48.6 Å². The number of hydrogen-bond acceptors (Lipinski definition) is 6. The van der Waals surface area contributed by atoms with Crippen molar-refractivity contribution < 1.29 is 34.1 Å². The van der Waals surface area contributed by atoms with E-state index in [0.29, 0.717) is 12.8 Å². The van der Waals surface area contributed by atoms with Crippen molar-refractivity contribution in [2.75, 3.05) is 13.2 Å². The van der Waals surface area contributed by atoms with E-state index < -0.39 is 24.5 Å². The molecule has 0 aromatic carbocycles. The second-order valence-electron chi connectivity index (χ2n) is 15.5. The largest absolute Gasteiger partial charge is 0.480 e. The number of aliphatic hydroxyl groups excluding tert-OH is 1. The van der Waals surface area contributed by atoms with Crippen molar-refractivity contribution in [2.45, 2.75) is 219 Å². The molecule has 0 aliphatic rings. The molecule has 0 aromatic rings. The molecule has 0 spiro atoms. The minimum Gasteiger partial charge on any atom is -0.480 e. The highest BCUT2D eigenvalue weighted by Crippen LogP contribution is 2.16. The lowest BCUT2D eigenvalue weighted by molar-refractivity contribution is -0.147. The molecule has 0 aliphatic heterocycles. The third kappa shape index (κ3) is 39.4. The van der Waals surface area contributed by atoms with Gasteiger partial charge in [-0.05, 0) is 57.4 Å². The second kappa shape index (κ2) is 42.4. The fourth-order valence-corrected chi connectivity index (χ4v) is 6.57. The van der Waals surface area contributed by atoms with Gasteiger partial charge in [0.05, 0.1) is 13.2 Å². The molecule has 0 saturated carbocycles. The average Bonchev–Trinajstić information content (AvgIpc) is 3.20. The molecule has 0 aromatic heterocycles. The molecule has 57 heavy (non-hydrogen) atoms. The van der Waals surface area contributed by atoms with Crippen molar-refractivity contribution in [1.29, 1.82) is 0 Å². The number of nitrogens with one attached hydrogen (secondary N) is 2. The van der Waals surface area contributed by atoms with E-state index in [1.165, 1.54) is 103 Å². The van der Waals surface area contributed by atoms with Crippen molar-refractivity contribution >= 4 is 23.8 Å². The number of unbranched alkanes of at least 4 members (excludes halogenated alkanes) is 21. The SMILES string of the molecule is CC/C=C\C/C=C\C/C=C\C/C=C\C(CCCCCCCC(=O)NCC(=O)NC(CO)C(=O)O)OC(=O)CCCCCCCCCCCCCCCCCCCC. The summed E-state index contributed by atoms with van der Waals surface area (Å²) >= 11 is 0. The van der Waals surface area contributed by atoms with Gasteiger partial charge in [0.15, 0.2) is 0 Å². The number of allylic oxidation sites excluding steroid dienone is 7. The van der Waals surface area contributed by atoms with Gasteiger partial charge in [0.2, 0.25) is 11.8 Å². The van der Waals surface area contributed by atoms with Crippen LogP contribution in [0.2, 0.25) is 0 Å². The first kappa shape index (κ1) is 53.8. The van der Waals surface area contributed by atoms with Gasteiger partial charge in [-0.25, -0.2) is 4.79 Å². The van der Waals surface area contributed by atoms with Crippen LogP contribution in [0.3, 0.4) is 0 Å². The molecule has 4 N–H and O–H groups in total. The van der Waals surface area contributed by atoms with Crippen LogP contribution < -0.4 is 10.6 Å². The maximum absolute atomic E-state index is 12.8. The molecule has 2 atom stereocenters. The van der Waals surface area contributed by atoms with E-state index in [9.17, 15) is 19.2 Å².